The Morgan fingerprint density at radius 1 is 1.36 bits per heavy atom. The Kier molecular flexibility index (Phi) is 4.56. The molecule has 0 radical (unpaired) electrons. The van der Waals surface area contributed by atoms with E-state index in [4.69, 9.17) is 9.15 Å². The van der Waals surface area contributed by atoms with Crippen LogP contribution in [0.15, 0.2) is 16.5 Å². The fourth-order valence-electron chi connectivity index (χ4n) is 2.65. The van der Waals surface area contributed by atoms with Crippen molar-refractivity contribution in [1.29, 1.82) is 0 Å². The molecule has 0 amide bonds. The molecule has 0 saturated carbocycles. The SMILES string of the molecule is Cc1ccc(-c2nnc(CN3CCOC[C@H](CO)C3)o2)n1C. The molecule has 1 N–H and O–H groups in total. The zero-order valence-corrected chi connectivity index (χ0v) is 13.0. The average molecular weight is 306 g/mol. The van der Waals surface area contributed by atoms with Crippen molar-refractivity contribution in [2.75, 3.05) is 32.9 Å². The van der Waals surface area contributed by atoms with E-state index in [1.165, 1.54) is 0 Å². The lowest BCUT2D eigenvalue weighted by Crippen LogP contribution is -2.31. The summed E-state index contributed by atoms with van der Waals surface area (Å²) in [6.07, 6.45) is 0. The van der Waals surface area contributed by atoms with Gasteiger partial charge in [0.15, 0.2) is 0 Å². The number of aromatic nitrogens is 3. The molecule has 1 saturated heterocycles. The van der Waals surface area contributed by atoms with Crippen molar-refractivity contribution in [2.24, 2.45) is 13.0 Å². The molecule has 2 aromatic rings. The van der Waals surface area contributed by atoms with Crippen LogP contribution in [0.3, 0.4) is 0 Å². The fraction of sp³-hybridized carbons (Fsp3) is 0.600. The van der Waals surface area contributed by atoms with Gasteiger partial charge >= 0.3 is 0 Å². The van der Waals surface area contributed by atoms with Crippen molar-refractivity contribution in [3.8, 4) is 11.6 Å². The van der Waals surface area contributed by atoms with Gasteiger partial charge in [0.2, 0.25) is 5.89 Å². The fourth-order valence-corrected chi connectivity index (χ4v) is 2.65. The monoisotopic (exact) mass is 306 g/mol. The van der Waals surface area contributed by atoms with Crippen molar-refractivity contribution in [2.45, 2.75) is 13.5 Å². The van der Waals surface area contributed by atoms with Crippen molar-refractivity contribution in [3.63, 3.8) is 0 Å². The highest BCUT2D eigenvalue weighted by molar-refractivity contribution is 5.48. The van der Waals surface area contributed by atoms with Crippen molar-refractivity contribution < 1.29 is 14.3 Å². The van der Waals surface area contributed by atoms with E-state index >= 15 is 0 Å². The van der Waals surface area contributed by atoms with Gasteiger partial charge in [0.05, 0.1) is 19.8 Å². The van der Waals surface area contributed by atoms with Crippen LogP contribution in [0.2, 0.25) is 0 Å². The van der Waals surface area contributed by atoms with Crippen molar-refractivity contribution >= 4 is 0 Å². The van der Waals surface area contributed by atoms with Gasteiger partial charge in [0.25, 0.3) is 5.89 Å². The van der Waals surface area contributed by atoms with Gasteiger partial charge in [0.1, 0.15) is 5.69 Å². The Balaban J connectivity index is 1.70. The molecule has 22 heavy (non-hydrogen) atoms. The van der Waals surface area contributed by atoms with Crippen LogP contribution >= 0.6 is 0 Å². The third-order valence-corrected chi connectivity index (χ3v) is 4.10. The molecule has 3 heterocycles. The number of hydrogen-bond donors (Lipinski definition) is 1. The Morgan fingerprint density at radius 2 is 2.23 bits per heavy atom. The van der Waals surface area contributed by atoms with Gasteiger partial charge < -0.3 is 18.8 Å². The minimum absolute atomic E-state index is 0.133. The van der Waals surface area contributed by atoms with Crippen LogP contribution in [0.5, 0.6) is 0 Å². The number of hydrogen-bond acceptors (Lipinski definition) is 6. The number of aliphatic hydroxyl groups is 1. The van der Waals surface area contributed by atoms with E-state index in [0.29, 0.717) is 31.5 Å². The maximum atomic E-state index is 9.32. The van der Waals surface area contributed by atoms with Crippen molar-refractivity contribution in [1.82, 2.24) is 19.7 Å². The van der Waals surface area contributed by atoms with Crippen LogP contribution in [0.25, 0.3) is 11.6 Å². The normalized spacial score (nSPS) is 20.2. The Bertz CT molecular complexity index is 622. The topological polar surface area (TPSA) is 76.6 Å². The first-order chi connectivity index (χ1) is 10.7. The predicted molar refractivity (Wildman–Crippen MR) is 80.1 cm³/mol. The third-order valence-electron chi connectivity index (χ3n) is 4.10. The Labute approximate surface area is 129 Å². The molecule has 0 aromatic carbocycles. The molecule has 1 atom stereocenters. The molecule has 2 aromatic heterocycles. The second-order valence-electron chi connectivity index (χ2n) is 5.78. The summed E-state index contributed by atoms with van der Waals surface area (Å²) in [6.45, 7) is 5.59. The summed E-state index contributed by atoms with van der Waals surface area (Å²) in [6, 6.07) is 4.01. The van der Waals surface area contributed by atoms with Crippen LogP contribution in [0, 0.1) is 12.8 Å². The third kappa shape index (κ3) is 3.21. The summed E-state index contributed by atoms with van der Waals surface area (Å²) in [5.41, 5.74) is 2.06. The van der Waals surface area contributed by atoms with E-state index in [1.807, 2.05) is 30.7 Å². The lowest BCUT2D eigenvalue weighted by Gasteiger charge is -2.20. The minimum atomic E-state index is 0.133. The van der Waals surface area contributed by atoms with Gasteiger partial charge in [-0.3, -0.25) is 4.90 Å². The van der Waals surface area contributed by atoms with Crippen LogP contribution < -0.4 is 0 Å². The summed E-state index contributed by atoms with van der Waals surface area (Å²) in [4.78, 5) is 2.18. The molecule has 1 aliphatic heterocycles. The lowest BCUT2D eigenvalue weighted by atomic mass is 10.1. The van der Waals surface area contributed by atoms with Gasteiger partial charge in [-0.25, -0.2) is 0 Å². The van der Waals surface area contributed by atoms with E-state index in [1.54, 1.807) is 0 Å². The Hall–Kier alpha value is -1.70. The highest BCUT2D eigenvalue weighted by atomic mass is 16.5. The number of aliphatic hydroxyl groups excluding tert-OH is 1. The van der Waals surface area contributed by atoms with Gasteiger partial charge in [0, 0.05) is 38.4 Å². The lowest BCUT2D eigenvalue weighted by molar-refractivity contribution is 0.0957. The Morgan fingerprint density at radius 3 is 2.95 bits per heavy atom. The molecular weight excluding hydrogens is 284 g/mol. The molecule has 0 spiro atoms. The molecule has 1 aliphatic rings. The average Bonchev–Trinajstić information content (AvgIpc) is 3.01. The maximum absolute atomic E-state index is 9.32. The van der Waals surface area contributed by atoms with Gasteiger partial charge in [-0.1, -0.05) is 0 Å². The molecule has 7 heteroatoms. The summed E-state index contributed by atoms with van der Waals surface area (Å²) in [5, 5.41) is 17.6. The molecule has 120 valence electrons. The summed E-state index contributed by atoms with van der Waals surface area (Å²) >= 11 is 0. The molecule has 0 unspecified atom stereocenters. The van der Waals surface area contributed by atoms with Crippen LogP contribution in [-0.4, -0.2) is 57.7 Å². The second kappa shape index (κ2) is 6.60. The van der Waals surface area contributed by atoms with E-state index in [2.05, 4.69) is 15.1 Å². The zero-order chi connectivity index (χ0) is 15.5. The standard InChI is InChI=1S/C15H22N4O3/c1-11-3-4-13(18(11)2)15-17-16-14(22-15)8-19-5-6-21-10-12(7-19)9-20/h3-4,12,20H,5-10H2,1-2H3/t12-/m0/s1. The highest BCUT2D eigenvalue weighted by Gasteiger charge is 2.20. The van der Waals surface area contributed by atoms with E-state index < -0.39 is 0 Å². The molecule has 7 nitrogen and oxygen atoms in total. The minimum Gasteiger partial charge on any atom is -0.418 e. The first-order valence-electron chi connectivity index (χ1n) is 7.53. The number of nitrogens with zero attached hydrogens (tertiary/aromatic N) is 4. The predicted octanol–water partition coefficient (Wildman–Crippen LogP) is 0.824. The molecular formula is C15H22N4O3. The van der Waals surface area contributed by atoms with E-state index in [9.17, 15) is 5.11 Å². The first-order valence-corrected chi connectivity index (χ1v) is 7.53. The van der Waals surface area contributed by atoms with E-state index in [0.717, 1.165) is 24.5 Å². The zero-order valence-electron chi connectivity index (χ0n) is 13.0. The number of rotatable bonds is 4. The van der Waals surface area contributed by atoms with E-state index in [-0.39, 0.29) is 12.5 Å². The largest absolute Gasteiger partial charge is 0.418 e. The smallest absolute Gasteiger partial charge is 0.264 e. The summed E-state index contributed by atoms with van der Waals surface area (Å²) < 4.78 is 13.3. The highest BCUT2D eigenvalue weighted by Crippen LogP contribution is 2.20. The van der Waals surface area contributed by atoms with Crippen LogP contribution in [0.1, 0.15) is 11.6 Å². The molecule has 1 fully saturated rings. The van der Waals surface area contributed by atoms with Gasteiger partial charge in [-0.05, 0) is 19.1 Å². The molecule has 0 aliphatic carbocycles. The quantitative estimate of drug-likeness (QED) is 0.901. The van der Waals surface area contributed by atoms with Crippen molar-refractivity contribution in [3.05, 3.63) is 23.7 Å². The first kappa shape index (κ1) is 15.2. The summed E-state index contributed by atoms with van der Waals surface area (Å²) in [7, 11) is 1.98. The van der Waals surface area contributed by atoms with Crippen LogP contribution in [0.4, 0.5) is 0 Å². The summed E-state index contributed by atoms with van der Waals surface area (Å²) in [5.74, 6) is 1.27. The maximum Gasteiger partial charge on any atom is 0.264 e. The molecule has 3 rings (SSSR count). The molecule has 0 bridgehead atoms. The second-order valence-corrected chi connectivity index (χ2v) is 5.78. The van der Waals surface area contributed by atoms with Crippen LogP contribution in [-0.2, 0) is 18.3 Å². The number of aryl methyl sites for hydroxylation is 1. The number of ether oxygens (including phenoxy) is 1. The van der Waals surface area contributed by atoms with Gasteiger partial charge in [-0.15, -0.1) is 10.2 Å². The van der Waals surface area contributed by atoms with Gasteiger partial charge in [-0.2, -0.15) is 0 Å².